The van der Waals surface area contributed by atoms with E-state index in [0.29, 0.717) is 16.9 Å². The predicted octanol–water partition coefficient (Wildman–Crippen LogP) is 4.96. The van der Waals surface area contributed by atoms with E-state index < -0.39 is 0 Å². The number of halogens is 3. The van der Waals surface area contributed by atoms with Crippen molar-refractivity contribution in [2.45, 2.75) is 13.8 Å². The zero-order valence-corrected chi connectivity index (χ0v) is 36.9. The lowest BCUT2D eigenvalue weighted by Gasteiger charge is -2.39. The smallest absolute Gasteiger partial charge is 0.370 e. The van der Waals surface area contributed by atoms with Crippen molar-refractivity contribution < 1.29 is 42.8 Å². The first-order valence-electron chi connectivity index (χ1n) is 20.1. The molecule has 312 valence electrons. The summed E-state index contributed by atoms with van der Waals surface area (Å²) in [6.07, 6.45) is 12.1. The summed E-state index contributed by atoms with van der Waals surface area (Å²) in [4.78, 5) is 16.1. The molecule has 0 saturated carbocycles. The van der Waals surface area contributed by atoms with Gasteiger partial charge in [-0.3, -0.25) is 4.90 Å². The SMILES string of the molecule is CCN(CC)C1=C/C(=C\c2nc3c(ccc[n+]3C)o2)c2ccccc2N1c1ccccc1.C[n+]1cccc2oc(/C=C3\C=C(Cl)N(c4ccccc4)c4ccccc43)nc21.[Cl-].[Cl-]. The van der Waals surface area contributed by atoms with Crippen molar-refractivity contribution in [2.24, 2.45) is 14.1 Å². The number of fused-ring (bicyclic) bond motifs is 4. The first kappa shape index (κ1) is 43.4. The minimum Gasteiger partial charge on any atom is -1.00 e. The number of aromatic nitrogens is 4. The van der Waals surface area contributed by atoms with E-state index in [1.165, 1.54) is 0 Å². The van der Waals surface area contributed by atoms with Crippen LogP contribution in [0.2, 0.25) is 0 Å². The Bertz CT molecular complexity index is 2970. The number of para-hydroxylation sites is 4. The summed E-state index contributed by atoms with van der Waals surface area (Å²) < 4.78 is 15.9. The largest absolute Gasteiger partial charge is 1.00 e. The van der Waals surface area contributed by atoms with Crippen LogP contribution >= 0.6 is 11.6 Å². The van der Waals surface area contributed by atoms with Crippen LogP contribution in [0, 0.1) is 0 Å². The van der Waals surface area contributed by atoms with E-state index in [0.717, 1.165) is 86.4 Å². The van der Waals surface area contributed by atoms with Crippen LogP contribution in [0.4, 0.5) is 22.7 Å². The fourth-order valence-electron chi connectivity index (χ4n) is 7.78. The van der Waals surface area contributed by atoms with Crippen molar-refractivity contribution in [3.8, 4) is 0 Å². The number of pyridine rings is 2. The van der Waals surface area contributed by atoms with Crippen LogP contribution in [0.15, 0.2) is 178 Å². The third-order valence-electron chi connectivity index (χ3n) is 10.7. The summed E-state index contributed by atoms with van der Waals surface area (Å²) >= 11 is 6.70. The Morgan fingerprint density at radius 2 is 1.00 bits per heavy atom. The number of benzene rings is 4. The highest BCUT2D eigenvalue weighted by molar-refractivity contribution is 6.33. The molecule has 0 amide bonds. The van der Waals surface area contributed by atoms with E-state index in [1.807, 2.05) is 125 Å². The molecule has 8 aromatic rings. The molecule has 0 bridgehead atoms. The third-order valence-corrected chi connectivity index (χ3v) is 11.0. The molecule has 4 aromatic heterocycles. The molecular formula is C50H44Cl3N7O2. The zero-order chi connectivity index (χ0) is 41.2. The van der Waals surface area contributed by atoms with E-state index in [-0.39, 0.29) is 24.8 Å². The number of allylic oxidation sites excluding steroid dienone is 4. The van der Waals surface area contributed by atoms with Crippen molar-refractivity contribution in [1.29, 1.82) is 0 Å². The predicted molar refractivity (Wildman–Crippen MR) is 241 cm³/mol. The third kappa shape index (κ3) is 8.47. The summed E-state index contributed by atoms with van der Waals surface area (Å²) in [5.74, 6) is 2.30. The average Bonchev–Trinajstić information content (AvgIpc) is 3.90. The number of aryl methyl sites for hydroxylation is 2. The van der Waals surface area contributed by atoms with E-state index >= 15 is 0 Å². The van der Waals surface area contributed by atoms with Gasteiger partial charge in [0.2, 0.25) is 11.2 Å². The maximum atomic E-state index is 6.70. The van der Waals surface area contributed by atoms with Crippen molar-refractivity contribution in [3.63, 3.8) is 0 Å². The van der Waals surface area contributed by atoms with Gasteiger partial charge in [-0.05, 0) is 97.8 Å². The molecule has 6 heterocycles. The number of anilines is 4. The van der Waals surface area contributed by atoms with Gasteiger partial charge in [0.25, 0.3) is 0 Å². The highest BCUT2D eigenvalue weighted by atomic mass is 35.5. The minimum atomic E-state index is 0. The van der Waals surface area contributed by atoms with Gasteiger partial charge in [0.15, 0.2) is 0 Å². The van der Waals surface area contributed by atoms with Crippen LogP contribution in [-0.2, 0) is 14.1 Å². The number of rotatable bonds is 7. The summed E-state index contributed by atoms with van der Waals surface area (Å²) in [6, 6.07) is 45.1. The average molecular weight is 881 g/mol. The molecule has 4 aromatic carbocycles. The van der Waals surface area contributed by atoms with Gasteiger partial charge < -0.3 is 43.4 Å². The first-order chi connectivity index (χ1) is 29.4. The molecule has 2 aliphatic heterocycles. The van der Waals surface area contributed by atoms with E-state index in [4.69, 9.17) is 25.4 Å². The molecule has 0 aliphatic carbocycles. The van der Waals surface area contributed by atoms with Gasteiger partial charge >= 0.3 is 23.1 Å². The summed E-state index contributed by atoms with van der Waals surface area (Å²) in [5.41, 5.74) is 11.8. The summed E-state index contributed by atoms with van der Waals surface area (Å²) in [5, 5.41) is 0.623. The fourth-order valence-corrected chi connectivity index (χ4v) is 8.08. The summed E-state index contributed by atoms with van der Waals surface area (Å²) in [7, 11) is 3.93. The lowest BCUT2D eigenvalue weighted by atomic mass is 9.97. The highest BCUT2D eigenvalue weighted by Crippen LogP contribution is 2.44. The molecule has 0 N–H and O–H groups in total. The molecule has 0 fully saturated rings. The van der Waals surface area contributed by atoms with Crippen LogP contribution in [0.5, 0.6) is 0 Å². The van der Waals surface area contributed by atoms with Crippen LogP contribution in [0.3, 0.4) is 0 Å². The second kappa shape index (κ2) is 19.0. The molecule has 0 saturated heterocycles. The molecule has 2 aliphatic rings. The first-order valence-corrected chi connectivity index (χ1v) is 20.4. The number of nitrogens with zero attached hydrogens (tertiary/aromatic N) is 7. The molecule has 0 spiro atoms. The number of oxazole rings is 2. The highest BCUT2D eigenvalue weighted by Gasteiger charge is 2.28. The topological polar surface area (TPSA) is 69.5 Å². The lowest BCUT2D eigenvalue weighted by molar-refractivity contribution is -0.646. The number of hydrogen-bond donors (Lipinski definition) is 0. The van der Waals surface area contributed by atoms with E-state index in [1.54, 1.807) is 0 Å². The molecule has 10 rings (SSSR count). The Kier molecular flexibility index (Phi) is 13.3. The van der Waals surface area contributed by atoms with Crippen molar-refractivity contribution >= 4 is 80.1 Å². The van der Waals surface area contributed by atoms with Gasteiger partial charge in [-0.1, -0.05) is 84.4 Å². The van der Waals surface area contributed by atoms with Gasteiger partial charge in [0.1, 0.15) is 11.0 Å². The Labute approximate surface area is 378 Å². The van der Waals surface area contributed by atoms with Gasteiger partial charge in [-0.25, -0.2) is 9.13 Å². The van der Waals surface area contributed by atoms with Gasteiger partial charge in [0.05, 0.1) is 37.9 Å². The molecule has 0 atom stereocenters. The Hall–Kier alpha value is -6.65. The van der Waals surface area contributed by atoms with Gasteiger partial charge in [-0.2, -0.15) is 0 Å². The zero-order valence-electron chi connectivity index (χ0n) is 34.7. The van der Waals surface area contributed by atoms with Crippen molar-refractivity contribution in [3.05, 3.63) is 192 Å². The summed E-state index contributed by atoms with van der Waals surface area (Å²) in [6.45, 7) is 6.22. The minimum absolute atomic E-state index is 0. The second-order valence-electron chi connectivity index (χ2n) is 14.4. The fraction of sp³-hybridized carbons (Fsp3) is 0.120. The van der Waals surface area contributed by atoms with Gasteiger partial charge in [-0.15, -0.1) is 0 Å². The Morgan fingerprint density at radius 1 is 0.565 bits per heavy atom. The Balaban J connectivity index is 0.000000182. The van der Waals surface area contributed by atoms with Crippen LogP contribution < -0.4 is 43.7 Å². The van der Waals surface area contributed by atoms with Crippen molar-refractivity contribution in [1.82, 2.24) is 14.9 Å². The maximum absolute atomic E-state index is 6.70. The van der Waals surface area contributed by atoms with Gasteiger partial charge in [0, 0.05) is 57.7 Å². The molecular weight excluding hydrogens is 837 g/mol. The molecule has 62 heavy (non-hydrogen) atoms. The number of hydrogen-bond acceptors (Lipinski definition) is 7. The normalized spacial score (nSPS) is 14.3. The molecule has 0 radical (unpaired) electrons. The van der Waals surface area contributed by atoms with Crippen LogP contribution in [-0.4, -0.2) is 28.0 Å². The van der Waals surface area contributed by atoms with E-state index in [9.17, 15) is 0 Å². The maximum Gasteiger partial charge on any atom is 0.370 e. The monoisotopic (exact) mass is 879 g/mol. The standard InChI is InChI=1S/C27H27N4O.C23H17ClN3O.2ClH/c1-4-30(5-2)26-19-20(18-25-28-27-24(32-25)16-11-17-29(27)3)22-14-9-10-15-23(22)31(26)21-12-7-6-8-13-21;1-26-13-7-12-20-23(26)25-22(28-20)15-16-14-21(24)27(17-8-3-2-4-9-17)19-11-6-5-10-18(16)19;;/h6-19H,4-5H2,1-3H3;2-15H,1H3;2*1H/q2*+1;;/p-2. The van der Waals surface area contributed by atoms with E-state index in [2.05, 4.69) is 101 Å². The lowest BCUT2D eigenvalue weighted by Crippen LogP contribution is -3.00. The molecule has 9 nitrogen and oxygen atoms in total. The Morgan fingerprint density at radius 3 is 1.48 bits per heavy atom. The molecule has 0 unspecified atom stereocenters. The quantitative estimate of drug-likeness (QED) is 0.166. The second-order valence-corrected chi connectivity index (χ2v) is 14.8. The molecule has 12 heteroatoms. The van der Waals surface area contributed by atoms with Crippen molar-refractivity contribution in [2.75, 3.05) is 22.9 Å². The van der Waals surface area contributed by atoms with Crippen LogP contribution in [0.25, 0.3) is 45.8 Å². The van der Waals surface area contributed by atoms with Crippen LogP contribution in [0.1, 0.15) is 36.8 Å².